The van der Waals surface area contributed by atoms with Gasteiger partial charge in [0.2, 0.25) is 0 Å². The zero-order valence-electron chi connectivity index (χ0n) is 16.2. The summed E-state index contributed by atoms with van der Waals surface area (Å²) in [7, 11) is 1.92. The zero-order valence-corrected chi connectivity index (χ0v) is 16.2. The minimum absolute atomic E-state index is 0.0579. The van der Waals surface area contributed by atoms with Crippen molar-refractivity contribution in [2.45, 2.75) is 19.5 Å². The lowest BCUT2D eigenvalue weighted by atomic mass is 9.99. The molecule has 4 rings (SSSR count). The standard InChI is InChI=1S/C21H23FN4O3/c1-24(8-9-27)12-15-13-25(11-14-2-4-16(22)5-3-14)18-10-23-20-17(19(15)18)6-7-26(29)21(20)28/h2-5,10,13,27,29H,6-9,11-12H2,1H3. The summed E-state index contributed by atoms with van der Waals surface area (Å²) in [6.07, 6.45) is 4.20. The molecule has 0 atom stereocenters. The van der Waals surface area contributed by atoms with E-state index in [-0.39, 0.29) is 24.7 Å². The van der Waals surface area contributed by atoms with Crippen molar-refractivity contribution >= 4 is 16.8 Å². The number of rotatable bonds is 6. The Morgan fingerprint density at radius 3 is 2.76 bits per heavy atom. The molecule has 7 nitrogen and oxygen atoms in total. The Hall–Kier alpha value is -2.81. The number of amides is 1. The first-order valence-electron chi connectivity index (χ1n) is 9.52. The Labute approximate surface area is 167 Å². The van der Waals surface area contributed by atoms with Gasteiger partial charge in [-0.15, -0.1) is 0 Å². The number of benzene rings is 1. The second kappa shape index (κ2) is 7.90. The first-order valence-corrected chi connectivity index (χ1v) is 9.52. The molecule has 0 spiro atoms. The number of aliphatic hydroxyl groups is 1. The number of nitrogens with zero attached hydrogens (tertiary/aromatic N) is 4. The van der Waals surface area contributed by atoms with Crippen LogP contribution in [-0.2, 0) is 19.5 Å². The minimum Gasteiger partial charge on any atom is -0.395 e. The molecule has 8 heteroatoms. The molecule has 1 aliphatic rings. The van der Waals surface area contributed by atoms with Crippen LogP contribution in [0.2, 0.25) is 0 Å². The minimum atomic E-state index is -0.492. The molecule has 2 aromatic heterocycles. The van der Waals surface area contributed by atoms with Crippen LogP contribution in [0, 0.1) is 5.82 Å². The normalized spacial score (nSPS) is 14.1. The van der Waals surface area contributed by atoms with Gasteiger partial charge in [-0.1, -0.05) is 12.1 Å². The van der Waals surface area contributed by atoms with Gasteiger partial charge in [-0.3, -0.25) is 14.9 Å². The number of pyridine rings is 1. The van der Waals surface area contributed by atoms with Gasteiger partial charge >= 0.3 is 0 Å². The van der Waals surface area contributed by atoms with Gasteiger partial charge in [0, 0.05) is 31.2 Å². The number of aromatic nitrogens is 2. The first-order chi connectivity index (χ1) is 14.0. The fourth-order valence-corrected chi connectivity index (χ4v) is 3.89. The molecule has 1 amide bonds. The van der Waals surface area contributed by atoms with Crippen LogP contribution in [0.15, 0.2) is 36.7 Å². The van der Waals surface area contributed by atoms with E-state index in [1.165, 1.54) is 12.1 Å². The highest BCUT2D eigenvalue weighted by molar-refractivity contribution is 6.00. The van der Waals surface area contributed by atoms with Crippen molar-refractivity contribution in [1.82, 2.24) is 19.5 Å². The highest BCUT2D eigenvalue weighted by atomic mass is 19.1. The molecule has 0 saturated heterocycles. The molecular weight excluding hydrogens is 375 g/mol. The van der Waals surface area contributed by atoms with Crippen LogP contribution in [0.4, 0.5) is 4.39 Å². The van der Waals surface area contributed by atoms with E-state index in [9.17, 15) is 19.5 Å². The summed E-state index contributed by atoms with van der Waals surface area (Å²) in [4.78, 5) is 18.7. The quantitative estimate of drug-likeness (QED) is 0.621. The lowest BCUT2D eigenvalue weighted by molar-refractivity contribution is -0.0606. The fraction of sp³-hybridized carbons (Fsp3) is 0.333. The summed E-state index contributed by atoms with van der Waals surface area (Å²) >= 11 is 0. The van der Waals surface area contributed by atoms with Crippen LogP contribution in [0.3, 0.4) is 0 Å². The lowest BCUT2D eigenvalue weighted by Gasteiger charge is -2.23. The van der Waals surface area contributed by atoms with E-state index in [4.69, 9.17) is 0 Å². The summed E-state index contributed by atoms with van der Waals surface area (Å²) in [5.74, 6) is -0.769. The van der Waals surface area contributed by atoms with Crippen molar-refractivity contribution in [3.63, 3.8) is 0 Å². The van der Waals surface area contributed by atoms with Crippen molar-refractivity contribution in [3.05, 3.63) is 64.9 Å². The molecule has 3 heterocycles. The SMILES string of the molecule is CN(CCO)Cc1cn(Cc2ccc(F)cc2)c2cnc3c(c12)CCN(O)C3=O. The average molecular weight is 398 g/mol. The molecule has 1 aromatic carbocycles. The van der Waals surface area contributed by atoms with Gasteiger partial charge in [-0.25, -0.2) is 14.4 Å². The fourth-order valence-electron chi connectivity index (χ4n) is 3.89. The third kappa shape index (κ3) is 3.74. The van der Waals surface area contributed by atoms with E-state index in [2.05, 4.69) is 4.98 Å². The van der Waals surface area contributed by atoms with E-state index in [0.29, 0.717) is 31.1 Å². The lowest BCUT2D eigenvalue weighted by Crippen LogP contribution is -2.35. The van der Waals surface area contributed by atoms with E-state index in [0.717, 1.165) is 27.6 Å². The van der Waals surface area contributed by atoms with Crippen molar-refractivity contribution in [1.29, 1.82) is 0 Å². The molecule has 0 radical (unpaired) electrons. The van der Waals surface area contributed by atoms with Crippen LogP contribution >= 0.6 is 0 Å². The van der Waals surface area contributed by atoms with E-state index >= 15 is 0 Å². The van der Waals surface area contributed by atoms with Gasteiger partial charge in [0.05, 0.1) is 24.9 Å². The summed E-state index contributed by atoms with van der Waals surface area (Å²) in [6.45, 7) is 1.95. The maximum atomic E-state index is 13.3. The predicted octanol–water partition coefficient (Wildman–Crippen LogP) is 2.04. The van der Waals surface area contributed by atoms with Crippen molar-refractivity contribution in [3.8, 4) is 0 Å². The number of fused-ring (bicyclic) bond motifs is 3. The zero-order chi connectivity index (χ0) is 20.5. The molecule has 29 heavy (non-hydrogen) atoms. The van der Waals surface area contributed by atoms with E-state index in [1.807, 2.05) is 22.7 Å². The number of aliphatic hydroxyl groups excluding tert-OH is 1. The number of hydrogen-bond acceptors (Lipinski definition) is 5. The van der Waals surface area contributed by atoms with Gasteiger partial charge in [0.15, 0.2) is 0 Å². The second-order valence-corrected chi connectivity index (χ2v) is 7.39. The molecular formula is C21H23FN4O3. The van der Waals surface area contributed by atoms with Gasteiger partial charge in [0.1, 0.15) is 11.5 Å². The maximum Gasteiger partial charge on any atom is 0.296 e. The summed E-state index contributed by atoms with van der Waals surface area (Å²) in [6, 6.07) is 6.37. The third-order valence-corrected chi connectivity index (χ3v) is 5.30. The second-order valence-electron chi connectivity index (χ2n) is 7.39. The number of halogens is 1. The van der Waals surface area contributed by atoms with Gasteiger partial charge < -0.3 is 9.67 Å². The Bertz CT molecular complexity index is 1050. The largest absolute Gasteiger partial charge is 0.395 e. The number of likely N-dealkylation sites (N-methyl/N-ethyl adjacent to an activating group) is 1. The number of carbonyl (C=O) groups excluding carboxylic acids is 1. The van der Waals surface area contributed by atoms with Crippen molar-refractivity contribution in [2.24, 2.45) is 0 Å². The molecule has 2 N–H and O–H groups in total. The highest BCUT2D eigenvalue weighted by Gasteiger charge is 2.28. The number of hydrogen-bond donors (Lipinski definition) is 2. The van der Waals surface area contributed by atoms with Crippen LogP contribution in [-0.4, -0.2) is 62.5 Å². The monoisotopic (exact) mass is 398 g/mol. The van der Waals surface area contributed by atoms with Crippen LogP contribution < -0.4 is 0 Å². The van der Waals surface area contributed by atoms with Gasteiger partial charge in [-0.05, 0) is 42.3 Å². The topological polar surface area (TPSA) is 81.8 Å². The van der Waals surface area contributed by atoms with Crippen LogP contribution in [0.5, 0.6) is 0 Å². The van der Waals surface area contributed by atoms with Crippen molar-refractivity contribution < 1.29 is 19.5 Å². The third-order valence-electron chi connectivity index (χ3n) is 5.30. The molecule has 152 valence electrons. The summed E-state index contributed by atoms with van der Waals surface area (Å²) in [5.41, 5.74) is 3.98. The Kier molecular flexibility index (Phi) is 5.31. The smallest absolute Gasteiger partial charge is 0.296 e. The van der Waals surface area contributed by atoms with Crippen molar-refractivity contribution in [2.75, 3.05) is 26.7 Å². The number of carbonyl (C=O) groups is 1. The molecule has 3 aromatic rings. The Balaban J connectivity index is 1.82. The molecule has 1 aliphatic heterocycles. The van der Waals surface area contributed by atoms with E-state index < -0.39 is 5.91 Å². The maximum absolute atomic E-state index is 13.3. The molecule has 0 bridgehead atoms. The van der Waals surface area contributed by atoms with Gasteiger partial charge in [-0.2, -0.15) is 0 Å². The van der Waals surface area contributed by atoms with Crippen LogP contribution in [0.25, 0.3) is 10.9 Å². The first kappa shape index (κ1) is 19.5. The molecule has 0 unspecified atom stereocenters. The predicted molar refractivity (Wildman–Crippen MR) is 105 cm³/mol. The Morgan fingerprint density at radius 1 is 1.28 bits per heavy atom. The number of hydroxylamine groups is 2. The molecule has 0 saturated carbocycles. The summed E-state index contributed by atoms with van der Waals surface area (Å²) in [5, 5.41) is 20.7. The summed E-state index contributed by atoms with van der Waals surface area (Å²) < 4.78 is 15.3. The molecule has 0 aliphatic carbocycles. The van der Waals surface area contributed by atoms with E-state index in [1.54, 1.807) is 18.3 Å². The van der Waals surface area contributed by atoms with Crippen LogP contribution in [0.1, 0.15) is 27.2 Å². The average Bonchev–Trinajstić information content (AvgIpc) is 3.04. The Morgan fingerprint density at radius 2 is 2.03 bits per heavy atom. The molecule has 0 fully saturated rings. The highest BCUT2D eigenvalue weighted by Crippen LogP contribution is 2.31. The van der Waals surface area contributed by atoms with Gasteiger partial charge in [0.25, 0.3) is 5.91 Å².